The van der Waals surface area contributed by atoms with E-state index in [2.05, 4.69) is 25.5 Å². The van der Waals surface area contributed by atoms with Crippen molar-refractivity contribution >= 4 is 23.4 Å². The van der Waals surface area contributed by atoms with Crippen molar-refractivity contribution in [3.05, 3.63) is 41.6 Å². The Kier molecular flexibility index (Phi) is 3.98. The van der Waals surface area contributed by atoms with Gasteiger partial charge in [0.1, 0.15) is 0 Å². The van der Waals surface area contributed by atoms with Crippen LogP contribution in [0, 0.1) is 0 Å². The van der Waals surface area contributed by atoms with Gasteiger partial charge in [-0.3, -0.25) is 0 Å². The zero-order chi connectivity index (χ0) is 14.7. The van der Waals surface area contributed by atoms with Crippen molar-refractivity contribution in [3.63, 3.8) is 0 Å². The van der Waals surface area contributed by atoms with Gasteiger partial charge in [0.05, 0.1) is 12.8 Å². The predicted octanol–water partition coefficient (Wildman–Crippen LogP) is 2.27. The van der Waals surface area contributed by atoms with Crippen LogP contribution in [0.3, 0.4) is 0 Å². The average molecular weight is 321 g/mol. The second-order valence-electron chi connectivity index (χ2n) is 3.83. The fraction of sp³-hybridized carbons (Fsp3) is 0.0833. The summed E-state index contributed by atoms with van der Waals surface area (Å²) < 4.78 is 6.65. The number of benzene rings is 1. The predicted molar refractivity (Wildman–Crippen MR) is 76.9 cm³/mol. The lowest BCUT2D eigenvalue weighted by Crippen LogP contribution is -1.99. The van der Waals surface area contributed by atoms with Crippen molar-refractivity contribution in [1.82, 2.24) is 30.2 Å². The highest BCUT2D eigenvalue weighted by Gasteiger charge is 2.12. The number of hydrogen-bond donors (Lipinski definition) is 0. The van der Waals surface area contributed by atoms with Gasteiger partial charge in [0.25, 0.3) is 0 Å². The molecular weight excluding hydrogens is 312 g/mol. The summed E-state index contributed by atoms with van der Waals surface area (Å²) in [6.07, 6.45) is 1.62. The van der Waals surface area contributed by atoms with E-state index in [1.165, 1.54) is 11.8 Å². The summed E-state index contributed by atoms with van der Waals surface area (Å²) in [6.45, 7) is 0. The van der Waals surface area contributed by atoms with Gasteiger partial charge in [-0.1, -0.05) is 11.6 Å². The first-order valence-corrected chi connectivity index (χ1v) is 7.05. The fourth-order valence-electron chi connectivity index (χ4n) is 1.56. The minimum Gasteiger partial charge on any atom is -0.481 e. The first-order valence-electron chi connectivity index (χ1n) is 5.85. The lowest BCUT2D eigenvalue weighted by atomic mass is 10.3. The molecule has 0 saturated carbocycles. The van der Waals surface area contributed by atoms with E-state index in [4.69, 9.17) is 16.3 Å². The first kappa shape index (κ1) is 13.8. The van der Waals surface area contributed by atoms with E-state index in [0.717, 1.165) is 5.69 Å². The van der Waals surface area contributed by atoms with Crippen LogP contribution in [0.25, 0.3) is 5.69 Å². The maximum absolute atomic E-state index is 5.88. The van der Waals surface area contributed by atoms with Gasteiger partial charge in [0.15, 0.2) is 5.16 Å². The molecule has 3 rings (SSSR count). The second-order valence-corrected chi connectivity index (χ2v) is 5.20. The average Bonchev–Trinajstić information content (AvgIpc) is 2.96. The molecule has 7 nitrogen and oxygen atoms in total. The molecule has 0 radical (unpaired) electrons. The Morgan fingerprint density at radius 2 is 2.00 bits per heavy atom. The highest BCUT2D eigenvalue weighted by atomic mass is 35.5. The molecule has 0 N–H and O–H groups in total. The number of methoxy groups -OCH3 is 1. The lowest BCUT2D eigenvalue weighted by Gasteiger charge is -2.04. The Morgan fingerprint density at radius 3 is 2.76 bits per heavy atom. The van der Waals surface area contributed by atoms with Crippen LogP contribution >= 0.6 is 23.4 Å². The summed E-state index contributed by atoms with van der Waals surface area (Å²) in [7, 11) is 1.55. The van der Waals surface area contributed by atoms with E-state index in [-0.39, 0.29) is 0 Å². The molecular formula is C12H9ClN6OS. The van der Waals surface area contributed by atoms with Crippen LogP contribution in [0.5, 0.6) is 5.88 Å². The topological polar surface area (TPSA) is 78.6 Å². The van der Waals surface area contributed by atoms with E-state index in [1.54, 1.807) is 36.2 Å². The van der Waals surface area contributed by atoms with Crippen LogP contribution < -0.4 is 4.74 Å². The van der Waals surface area contributed by atoms with E-state index < -0.39 is 0 Å². The quantitative estimate of drug-likeness (QED) is 0.682. The van der Waals surface area contributed by atoms with Crippen LogP contribution in [0.15, 0.2) is 46.8 Å². The molecule has 9 heteroatoms. The number of tetrazole rings is 1. The Morgan fingerprint density at radius 1 is 1.19 bits per heavy atom. The van der Waals surface area contributed by atoms with E-state index in [1.807, 2.05) is 12.1 Å². The third-order valence-corrected chi connectivity index (χ3v) is 3.58. The third-order valence-electron chi connectivity index (χ3n) is 2.51. The molecule has 0 aliphatic carbocycles. The van der Waals surface area contributed by atoms with Crippen LogP contribution in [0.1, 0.15) is 0 Å². The van der Waals surface area contributed by atoms with E-state index in [0.29, 0.717) is 21.2 Å². The SMILES string of the molecule is COc1ccnc(Sc2nnnn2-c2ccc(Cl)cc2)n1. The third kappa shape index (κ3) is 3.11. The van der Waals surface area contributed by atoms with E-state index >= 15 is 0 Å². The van der Waals surface area contributed by atoms with Gasteiger partial charge in [-0.2, -0.15) is 9.67 Å². The van der Waals surface area contributed by atoms with Crippen LogP contribution in [0.4, 0.5) is 0 Å². The first-order chi connectivity index (χ1) is 10.3. The van der Waals surface area contributed by atoms with Crippen molar-refractivity contribution in [2.75, 3.05) is 7.11 Å². The standard InChI is InChI=1S/C12H9ClN6OS/c1-20-10-6-7-14-11(15-10)21-12-16-17-18-19(12)9-4-2-8(13)3-5-9/h2-7H,1H3. The summed E-state index contributed by atoms with van der Waals surface area (Å²) in [4.78, 5) is 8.37. The molecule has 0 fully saturated rings. The number of aromatic nitrogens is 6. The van der Waals surface area contributed by atoms with Gasteiger partial charge in [0, 0.05) is 17.3 Å². The highest BCUT2D eigenvalue weighted by Crippen LogP contribution is 2.25. The van der Waals surface area contributed by atoms with Crippen LogP contribution in [0.2, 0.25) is 5.02 Å². The van der Waals surface area contributed by atoms with E-state index in [9.17, 15) is 0 Å². The highest BCUT2D eigenvalue weighted by molar-refractivity contribution is 7.99. The Bertz CT molecular complexity index is 748. The molecule has 3 aromatic rings. The molecule has 0 amide bonds. The number of rotatable bonds is 4. The van der Waals surface area contributed by atoms with Gasteiger partial charge in [0.2, 0.25) is 11.0 Å². The lowest BCUT2D eigenvalue weighted by molar-refractivity contribution is 0.392. The van der Waals surface area contributed by atoms with Crippen molar-refractivity contribution in [1.29, 1.82) is 0 Å². The Hall–Kier alpha value is -2.19. The molecule has 21 heavy (non-hydrogen) atoms. The summed E-state index contributed by atoms with van der Waals surface area (Å²) in [6, 6.07) is 8.88. The molecule has 2 heterocycles. The number of halogens is 1. The Labute approximate surface area is 129 Å². The van der Waals surface area contributed by atoms with Crippen molar-refractivity contribution in [2.24, 2.45) is 0 Å². The molecule has 0 aliphatic heterocycles. The Balaban J connectivity index is 1.90. The zero-order valence-corrected chi connectivity index (χ0v) is 12.4. The largest absolute Gasteiger partial charge is 0.481 e. The maximum atomic E-state index is 5.88. The molecule has 1 aromatic carbocycles. The monoisotopic (exact) mass is 320 g/mol. The normalized spacial score (nSPS) is 10.6. The molecule has 0 unspecified atom stereocenters. The number of nitrogens with zero attached hydrogens (tertiary/aromatic N) is 6. The molecule has 0 saturated heterocycles. The van der Waals surface area contributed by atoms with Gasteiger partial charge in [-0.05, 0) is 46.5 Å². The van der Waals surface area contributed by atoms with Gasteiger partial charge >= 0.3 is 0 Å². The number of ether oxygens (including phenoxy) is 1. The number of hydrogen-bond acceptors (Lipinski definition) is 7. The van der Waals surface area contributed by atoms with Gasteiger partial charge in [-0.25, -0.2) is 4.98 Å². The van der Waals surface area contributed by atoms with Crippen LogP contribution in [-0.2, 0) is 0 Å². The summed E-state index contributed by atoms with van der Waals surface area (Å²) in [5.74, 6) is 0.484. The van der Waals surface area contributed by atoms with Crippen molar-refractivity contribution in [3.8, 4) is 11.6 Å². The van der Waals surface area contributed by atoms with Crippen LogP contribution in [-0.4, -0.2) is 37.3 Å². The molecule has 106 valence electrons. The van der Waals surface area contributed by atoms with Gasteiger partial charge < -0.3 is 4.74 Å². The molecule has 0 atom stereocenters. The summed E-state index contributed by atoms with van der Waals surface area (Å²) in [5.41, 5.74) is 0.801. The molecule has 0 aliphatic rings. The molecule has 0 spiro atoms. The maximum Gasteiger partial charge on any atom is 0.221 e. The summed E-state index contributed by atoms with van der Waals surface area (Å²) in [5, 5.41) is 13.3. The minimum atomic E-state index is 0.484. The van der Waals surface area contributed by atoms with Crippen molar-refractivity contribution in [2.45, 2.75) is 10.3 Å². The van der Waals surface area contributed by atoms with Gasteiger partial charge in [-0.15, -0.1) is 5.10 Å². The molecule has 0 bridgehead atoms. The minimum absolute atomic E-state index is 0.484. The zero-order valence-electron chi connectivity index (χ0n) is 10.8. The smallest absolute Gasteiger partial charge is 0.221 e. The summed E-state index contributed by atoms with van der Waals surface area (Å²) >= 11 is 7.12. The second kappa shape index (κ2) is 6.06. The fourth-order valence-corrected chi connectivity index (χ4v) is 2.40. The molecule has 2 aromatic heterocycles. The van der Waals surface area contributed by atoms with Crippen molar-refractivity contribution < 1.29 is 4.74 Å².